The van der Waals surface area contributed by atoms with Crippen molar-refractivity contribution in [1.82, 2.24) is 10.5 Å². The minimum Gasteiger partial charge on any atom is -0.359 e. The molecule has 0 aliphatic carbocycles. The van der Waals surface area contributed by atoms with Gasteiger partial charge in [0.2, 0.25) is 5.91 Å². The lowest BCUT2D eigenvalue weighted by Crippen LogP contribution is -2.44. The molecule has 1 amide bonds. The molecule has 118 valence electrons. The highest BCUT2D eigenvalue weighted by Crippen LogP contribution is 2.25. The Labute approximate surface area is 130 Å². The maximum Gasteiger partial charge on any atom is 0.227 e. The zero-order valence-electron chi connectivity index (χ0n) is 13.1. The van der Waals surface area contributed by atoms with Gasteiger partial charge >= 0.3 is 0 Å². The first kappa shape index (κ1) is 16.2. The van der Waals surface area contributed by atoms with Crippen LogP contribution in [0.1, 0.15) is 32.4 Å². The minimum absolute atomic E-state index is 0.0299. The van der Waals surface area contributed by atoms with Gasteiger partial charge in [0.15, 0.2) is 5.76 Å². The summed E-state index contributed by atoms with van der Waals surface area (Å²) in [6.45, 7) is 4.63. The Balaban J connectivity index is 2.01. The van der Waals surface area contributed by atoms with E-state index in [0.717, 1.165) is 24.1 Å². The fourth-order valence-corrected chi connectivity index (χ4v) is 2.45. The summed E-state index contributed by atoms with van der Waals surface area (Å²) < 4.78 is 5.29. The Morgan fingerprint density at radius 2 is 1.95 bits per heavy atom. The first-order valence-electron chi connectivity index (χ1n) is 7.64. The maximum absolute atomic E-state index is 12.4. The van der Waals surface area contributed by atoms with Crippen molar-refractivity contribution in [3.05, 3.63) is 42.2 Å². The van der Waals surface area contributed by atoms with E-state index in [4.69, 9.17) is 10.3 Å². The lowest BCUT2D eigenvalue weighted by molar-refractivity contribution is -0.131. The number of carbonyl (C=O) groups is 1. The second-order valence-corrected chi connectivity index (χ2v) is 5.42. The zero-order chi connectivity index (χ0) is 16.0. The van der Waals surface area contributed by atoms with Crippen molar-refractivity contribution in [2.45, 2.75) is 33.2 Å². The average Bonchev–Trinajstić information content (AvgIpc) is 3.05. The van der Waals surface area contributed by atoms with Crippen LogP contribution >= 0.6 is 0 Å². The Hall–Kier alpha value is -2.14. The molecule has 3 N–H and O–H groups in total. The van der Waals surface area contributed by atoms with E-state index in [1.807, 2.05) is 50.2 Å². The summed E-state index contributed by atoms with van der Waals surface area (Å²) in [5.74, 6) is 0.600. The molecule has 0 aliphatic rings. The third-order valence-electron chi connectivity index (χ3n) is 4.28. The van der Waals surface area contributed by atoms with E-state index in [9.17, 15) is 4.79 Å². The van der Waals surface area contributed by atoms with Gasteiger partial charge < -0.3 is 15.6 Å². The SMILES string of the molecule is CCC(CC)(CN)C(=O)NCc1cc(-c2ccccc2)no1. The number of carbonyl (C=O) groups excluding carboxylic acids is 1. The number of rotatable bonds is 7. The van der Waals surface area contributed by atoms with Crippen molar-refractivity contribution in [3.63, 3.8) is 0 Å². The highest BCUT2D eigenvalue weighted by molar-refractivity contribution is 5.82. The summed E-state index contributed by atoms with van der Waals surface area (Å²) in [5.41, 5.74) is 7.04. The summed E-state index contributed by atoms with van der Waals surface area (Å²) in [6, 6.07) is 11.6. The second kappa shape index (κ2) is 7.22. The maximum atomic E-state index is 12.4. The van der Waals surface area contributed by atoms with Gasteiger partial charge in [-0.05, 0) is 12.8 Å². The standard InChI is InChI=1S/C17H23N3O2/c1-3-17(4-2,12-18)16(21)19-11-14-10-15(20-22-14)13-8-6-5-7-9-13/h5-10H,3-4,11-12,18H2,1-2H3,(H,19,21). The summed E-state index contributed by atoms with van der Waals surface area (Å²) >= 11 is 0. The molecule has 0 saturated heterocycles. The molecule has 1 aromatic carbocycles. The molecule has 0 radical (unpaired) electrons. The van der Waals surface area contributed by atoms with Crippen LogP contribution in [0.15, 0.2) is 40.9 Å². The van der Waals surface area contributed by atoms with Gasteiger partial charge in [0.05, 0.1) is 12.0 Å². The van der Waals surface area contributed by atoms with E-state index in [1.54, 1.807) is 0 Å². The van der Waals surface area contributed by atoms with Crippen LogP contribution in [0, 0.1) is 5.41 Å². The molecule has 0 fully saturated rings. The number of benzene rings is 1. The normalized spacial score (nSPS) is 11.4. The number of hydrogen-bond acceptors (Lipinski definition) is 4. The van der Waals surface area contributed by atoms with Crippen LogP contribution in [0.2, 0.25) is 0 Å². The van der Waals surface area contributed by atoms with Crippen LogP contribution in [0.4, 0.5) is 0 Å². The quantitative estimate of drug-likeness (QED) is 0.824. The summed E-state index contributed by atoms with van der Waals surface area (Å²) in [6.07, 6.45) is 1.44. The van der Waals surface area contributed by atoms with Crippen molar-refractivity contribution >= 4 is 5.91 Å². The topological polar surface area (TPSA) is 81.2 Å². The van der Waals surface area contributed by atoms with E-state index in [1.165, 1.54) is 0 Å². The Morgan fingerprint density at radius 1 is 1.27 bits per heavy atom. The van der Waals surface area contributed by atoms with Crippen molar-refractivity contribution in [2.75, 3.05) is 6.54 Å². The van der Waals surface area contributed by atoms with Crippen molar-refractivity contribution < 1.29 is 9.32 Å². The Morgan fingerprint density at radius 3 is 2.55 bits per heavy atom. The second-order valence-electron chi connectivity index (χ2n) is 5.42. The lowest BCUT2D eigenvalue weighted by atomic mass is 9.81. The van der Waals surface area contributed by atoms with E-state index in [-0.39, 0.29) is 5.91 Å². The minimum atomic E-state index is -0.498. The largest absolute Gasteiger partial charge is 0.359 e. The molecule has 0 bridgehead atoms. The predicted octanol–water partition coefficient (Wildman–Crippen LogP) is 2.72. The fourth-order valence-electron chi connectivity index (χ4n) is 2.45. The molecule has 0 aliphatic heterocycles. The molecule has 2 aromatic rings. The van der Waals surface area contributed by atoms with Crippen LogP contribution in [-0.2, 0) is 11.3 Å². The van der Waals surface area contributed by atoms with Crippen molar-refractivity contribution in [3.8, 4) is 11.3 Å². The number of nitrogens with one attached hydrogen (secondary N) is 1. The predicted molar refractivity (Wildman–Crippen MR) is 85.9 cm³/mol. The highest BCUT2D eigenvalue weighted by atomic mass is 16.5. The molecule has 22 heavy (non-hydrogen) atoms. The third kappa shape index (κ3) is 3.36. The van der Waals surface area contributed by atoms with Crippen LogP contribution in [0.25, 0.3) is 11.3 Å². The first-order valence-corrected chi connectivity index (χ1v) is 7.64. The molecule has 1 aromatic heterocycles. The van der Waals surface area contributed by atoms with E-state index in [2.05, 4.69) is 10.5 Å². The number of hydrogen-bond donors (Lipinski definition) is 2. The molecule has 0 spiro atoms. The van der Waals surface area contributed by atoms with Crippen molar-refractivity contribution in [2.24, 2.45) is 11.1 Å². The van der Waals surface area contributed by atoms with E-state index >= 15 is 0 Å². The first-order chi connectivity index (χ1) is 10.6. The monoisotopic (exact) mass is 301 g/mol. The van der Waals surface area contributed by atoms with Gasteiger partial charge in [-0.1, -0.05) is 49.3 Å². The van der Waals surface area contributed by atoms with Crippen LogP contribution in [0.5, 0.6) is 0 Å². The zero-order valence-corrected chi connectivity index (χ0v) is 13.1. The molecule has 5 nitrogen and oxygen atoms in total. The van der Waals surface area contributed by atoms with Gasteiger partial charge in [-0.25, -0.2) is 0 Å². The molecular weight excluding hydrogens is 278 g/mol. The average molecular weight is 301 g/mol. The Kier molecular flexibility index (Phi) is 5.33. The van der Waals surface area contributed by atoms with Gasteiger partial charge in [-0.3, -0.25) is 4.79 Å². The summed E-state index contributed by atoms with van der Waals surface area (Å²) in [4.78, 5) is 12.4. The lowest BCUT2D eigenvalue weighted by Gasteiger charge is -2.28. The number of aromatic nitrogens is 1. The highest BCUT2D eigenvalue weighted by Gasteiger charge is 2.33. The van der Waals surface area contributed by atoms with E-state index < -0.39 is 5.41 Å². The molecule has 1 heterocycles. The van der Waals surface area contributed by atoms with Crippen molar-refractivity contribution in [1.29, 1.82) is 0 Å². The number of amides is 1. The number of nitrogens with two attached hydrogens (primary N) is 1. The van der Waals surface area contributed by atoms with Gasteiger partial charge in [-0.15, -0.1) is 0 Å². The molecule has 0 saturated carbocycles. The van der Waals surface area contributed by atoms with Crippen LogP contribution in [0.3, 0.4) is 0 Å². The fraction of sp³-hybridized carbons (Fsp3) is 0.412. The van der Waals surface area contributed by atoms with E-state index in [0.29, 0.717) is 18.8 Å². The van der Waals surface area contributed by atoms with Crippen LogP contribution in [-0.4, -0.2) is 17.6 Å². The molecule has 0 atom stereocenters. The van der Waals surface area contributed by atoms with Gasteiger partial charge in [0.1, 0.15) is 5.69 Å². The summed E-state index contributed by atoms with van der Waals surface area (Å²) in [5, 5.41) is 6.94. The Bertz CT molecular complexity index is 595. The molecule has 0 unspecified atom stereocenters. The molecule has 5 heteroatoms. The van der Waals surface area contributed by atoms with Gasteiger partial charge in [0, 0.05) is 18.2 Å². The third-order valence-corrected chi connectivity index (χ3v) is 4.28. The van der Waals surface area contributed by atoms with Gasteiger partial charge in [-0.2, -0.15) is 0 Å². The van der Waals surface area contributed by atoms with Crippen LogP contribution < -0.4 is 11.1 Å². The number of nitrogens with zero attached hydrogens (tertiary/aromatic N) is 1. The molecular formula is C17H23N3O2. The summed E-state index contributed by atoms with van der Waals surface area (Å²) in [7, 11) is 0. The molecule has 2 rings (SSSR count). The van der Waals surface area contributed by atoms with Gasteiger partial charge in [0.25, 0.3) is 0 Å². The smallest absolute Gasteiger partial charge is 0.227 e.